The summed E-state index contributed by atoms with van der Waals surface area (Å²) in [5.74, 6) is -1.46. The van der Waals surface area contributed by atoms with Crippen molar-refractivity contribution in [3.8, 4) is 5.75 Å². The summed E-state index contributed by atoms with van der Waals surface area (Å²) in [6, 6.07) is 14.6. The smallest absolute Gasteiger partial charge is 0.335 e. The van der Waals surface area contributed by atoms with E-state index in [0.29, 0.717) is 36.4 Å². The highest BCUT2D eigenvalue weighted by Gasteiger charge is 2.34. The number of carbonyl (C=O) groups is 3. The van der Waals surface area contributed by atoms with Gasteiger partial charge in [0.2, 0.25) is 0 Å². The molecule has 1 aromatic heterocycles. The zero-order chi connectivity index (χ0) is 28.8. The number of rotatable bonds is 9. The molecule has 10 nitrogen and oxygen atoms in total. The molecule has 0 radical (unpaired) electrons. The number of aromatic carboxylic acids is 1. The first kappa shape index (κ1) is 28.7. The van der Waals surface area contributed by atoms with Gasteiger partial charge in [-0.25, -0.2) is 4.79 Å². The highest BCUT2D eigenvalue weighted by molar-refractivity contribution is 6.07. The Kier molecular flexibility index (Phi) is 9.13. The largest absolute Gasteiger partial charge is 0.486 e. The first-order valence-electron chi connectivity index (χ1n) is 13.1. The van der Waals surface area contributed by atoms with E-state index in [1.807, 2.05) is 14.0 Å². The maximum absolute atomic E-state index is 13.7. The van der Waals surface area contributed by atoms with Crippen LogP contribution < -0.4 is 10.1 Å². The lowest BCUT2D eigenvalue weighted by Crippen LogP contribution is -2.49. The molecule has 2 aromatic carbocycles. The Bertz CT molecular complexity index is 1350. The number of nitrogens with one attached hydrogen (secondary N) is 1. The number of likely N-dealkylation sites (N-methyl/N-ethyl adjacent to an activating group) is 1. The second-order valence-electron chi connectivity index (χ2n) is 10.2. The van der Waals surface area contributed by atoms with Crippen LogP contribution in [0.25, 0.3) is 0 Å². The highest BCUT2D eigenvalue weighted by atomic mass is 16.5. The number of carbonyl (C=O) groups excluding carboxylic acids is 2. The number of pyridine rings is 1. The van der Waals surface area contributed by atoms with Crippen molar-refractivity contribution in [1.82, 2.24) is 14.8 Å². The summed E-state index contributed by atoms with van der Waals surface area (Å²) in [5, 5.41) is 22.0. The molecule has 40 heavy (non-hydrogen) atoms. The van der Waals surface area contributed by atoms with Crippen LogP contribution >= 0.6 is 0 Å². The summed E-state index contributed by atoms with van der Waals surface area (Å²) in [5.41, 5.74) is 2.26. The number of para-hydroxylation sites is 1. The van der Waals surface area contributed by atoms with Gasteiger partial charge >= 0.3 is 5.97 Å². The highest BCUT2D eigenvalue weighted by Crippen LogP contribution is 2.35. The van der Waals surface area contributed by atoms with Crippen molar-refractivity contribution in [3.63, 3.8) is 0 Å². The Morgan fingerprint density at radius 2 is 1.82 bits per heavy atom. The lowest BCUT2D eigenvalue weighted by molar-refractivity contribution is 0.0343. The summed E-state index contributed by atoms with van der Waals surface area (Å²) in [6.45, 7) is 5.01. The van der Waals surface area contributed by atoms with Gasteiger partial charge in [0.1, 0.15) is 6.10 Å². The minimum absolute atomic E-state index is 0.119. The molecule has 2 heterocycles. The summed E-state index contributed by atoms with van der Waals surface area (Å²) in [4.78, 5) is 45.5. The van der Waals surface area contributed by atoms with E-state index in [2.05, 4.69) is 15.2 Å². The maximum Gasteiger partial charge on any atom is 0.335 e. The third kappa shape index (κ3) is 6.64. The molecule has 1 aliphatic heterocycles. The van der Waals surface area contributed by atoms with E-state index >= 15 is 0 Å². The molecule has 0 bridgehead atoms. The third-order valence-corrected chi connectivity index (χ3v) is 7.03. The van der Waals surface area contributed by atoms with Crippen molar-refractivity contribution in [2.75, 3.05) is 32.1 Å². The van der Waals surface area contributed by atoms with Crippen molar-refractivity contribution in [2.24, 2.45) is 5.92 Å². The van der Waals surface area contributed by atoms with Crippen LogP contribution in [0, 0.1) is 5.92 Å². The van der Waals surface area contributed by atoms with Crippen molar-refractivity contribution >= 4 is 23.5 Å². The number of aliphatic hydroxyl groups excluding tert-OH is 1. The number of carboxylic acids is 1. The van der Waals surface area contributed by atoms with E-state index in [1.54, 1.807) is 66.4 Å². The first-order chi connectivity index (χ1) is 19.2. The van der Waals surface area contributed by atoms with Crippen molar-refractivity contribution in [2.45, 2.75) is 32.5 Å². The Balaban J connectivity index is 1.64. The fourth-order valence-corrected chi connectivity index (χ4v) is 4.69. The molecular formula is C30H34N4O6. The summed E-state index contributed by atoms with van der Waals surface area (Å²) >= 11 is 0. The third-order valence-electron chi connectivity index (χ3n) is 7.03. The fraction of sp³-hybridized carbons (Fsp3) is 0.333. The molecule has 0 fully saturated rings. The van der Waals surface area contributed by atoms with Gasteiger partial charge in [0.15, 0.2) is 5.75 Å². The molecular weight excluding hydrogens is 512 g/mol. The second kappa shape index (κ2) is 12.7. The number of fused-ring (bicyclic) bond motifs is 1. The molecule has 10 heteroatoms. The topological polar surface area (TPSA) is 132 Å². The minimum Gasteiger partial charge on any atom is -0.486 e. The van der Waals surface area contributed by atoms with E-state index in [0.717, 1.165) is 5.56 Å². The van der Waals surface area contributed by atoms with Crippen LogP contribution in [0.4, 0.5) is 5.69 Å². The van der Waals surface area contributed by atoms with Gasteiger partial charge in [0, 0.05) is 43.5 Å². The zero-order valence-electron chi connectivity index (χ0n) is 22.8. The van der Waals surface area contributed by atoms with E-state index < -0.39 is 12.0 Å². The summed E-state index contributed by atoms with van der Waals surface area (Å²) < 4.78 is 6.55. The Labute approximate surface area is 233 Å². The number of aliphatic hydroxyl groups is 1. The molecule has 210 valence electrons. The molecule has 2 amide bonds. The normalized spacial score (nSPS) is 17.8. The molecule has 3 N–H and O–H groups in total. The number of ether oxygens (including phenoxy) is 1. The van der Waals surface area contributed by atoms with Gasteiger partial charge in [0.05, 0.1) is 29.5 Å². The van der Waals surface area contributed by atoms with Gasteiger partial charge in [-0.1, -0.05) is 25.1 Å². The monoisotopic (exact) mass is 546 g/mol. The Hall–Kier alpha value is -4.28. The van der Waals surface area contributed by atoms with Gasteiger partial charge in [-0.05, 0) is 55.9 Å². The average Bonchev–Trinajstić information content (AvgIpc) is 2.95. The quantitative estimate of drug-likeness (QED) is 0.372. The van der Waals surface area contributed by atoms with Crippen molar-refractivity contribution < 1.29 is 29.3 Å². The van der Waals surface area contributed by atoms with Crippen molar-refractivity contribution in [3.05, 3.63) is 89.2 Å². The lowest BCUT2D eigenvalue weighted by atomic mass is 9.98. The van der Waals surface area contributed by atoms with E-state index in [-0.39, 0.29) is 41.8 Å². The maximum atomic E-state index is 13.7. The van der Waals surface area contributed by atoms with E-state index in [1.165, 1.54) is 12.4 Å². The Morgan fingerprint density at radius 3 is 2.48 bits per heavy atom. The van der Waals surface area contributed by atoms with E-state index in [9.17, 15) is 24.6 Å². The second-order valence-corrected chi connectivity index (χ2v) is 10.2. The number of hydrogen-bond acceptors (Lipinski definition) is 7. The van der Waals surface area contributed by atoms with E-state index in [4.69, 9.17) is 4.74 Å². The average molecular weight is 547 g/mol. The summed E-state index contributed by atoms with van der Waals surface area (Å²) in [7, 11) is 1.94. The van der Waals surface area contributed by atoms with Gasteiger partial charge in [-0.2, -0.15) is 0 Å². The molecule has 0 saturated heterocycles. The molecule has 1 aliphatic rings. The Morgan fingerprint density at radius 1 is 1.12 bits per heavy atom. The molecule has 0 unspecified atom stereocenters. The number of nitrogens with zero attached hydrogens (tertiary/aromatic N) is 3. The van der Waals surface area contributed by atoms with Gasteiger partial charge < -0.3 is 25.2 Å². The first-order valence-corrected chi connectivity index (χ1v) is 13.1. The molecule has 0 spiro atoms. The number of carboxylic acid groups (broad SMARTS) is 1. The molecule has 4 rings (SSSR count). The number of amides is 2. The SMILES string of the molecule is C[C@@H]1CN([C@@H](C)CO)C(=O)c2cccc(NC(=O)c3ccncc3)c2O[C@@H]1CN(C)Cc1ccc(C(=O)O)cc1. The van der Waals surface area contributed by atoms with Crippen LogP contribution in [0.5, 0.6) is 5.75 Å². The standard InChI is InChI=1S/C30H34N4O6/c1-19-15-34(20(2)18-35)29(37)24-5-4-6-25(32-28(36)22-11-13-31-14-12-22)27(24)40-26(19)17-33(3)16-21-7-9-23(10-8-21)30(38)39/h4-14,19-20,26,35H,15-18H2,1-3H3,(H,32,36)(H,38,39)/t19-,20+,26-/m1/s1. The van der Waals surface area contributed by atoms with Crippen LogP contribution in [-0.2, 0) is 6.54 Å². The van der Waals surface area contributed by atoms with Crippen LogP contribution in [-0.4, -0.2) is 81.7 Å². The molecule has 3 aromatic rings. The number of anilines is 1. The zero-order valence-corrected chi connectivity index (χ0v) is 22.8. The van der Waals surface area contributed by atoms with Crippen LogP contribution in [0.1, 0.15) is 50.5 Å². The minimum atomic E-state index is -0.974. The predicted octanol–water partition coefficient (Wildman–Crippen LogP) is 3.38. The molecule has 0 saturated carbocycles. The number of benzene rings is 2. The van der Waals surface area contributed by atoms with Gasteiger partial charge in [-0.3, -0.25) is 19.5 Å². The van der Waals surface area contributed by atoms with Gasteiger partial charge in [-0.15, -0.1) is 0 Å². The number of aromatic nitrogens is 1. The van der Waals surface area contributed by atoms with Gasteiger partial charge in [0.25, 0.3) is 11.8 Å². The van der Waals surface area contributed by atoms with Crippen molar-refractivity contribution in [1.29, 1.82) is 0 Å². The van der Waals surface area contributed by atoms with Crippen LogP contribution in [0.3, 0.4) is 0 Å². The lowest BCUT2D eigenvalue weighted by Gasteiger charge is -2.38. The number of hydrogen-bond donors (Lipinski definition) is 3. The van der Waals surface area contributed by atoms with Crippen LogP contribution in [0.15, 0.2) is 67.0 Å². The summed E-state index contributed by atoms with van der Waals surface area (Å²) in [6.07, 6.45) is 2.69. The fourth-order valence-electron chi connectivity index (χ4n) is 4.69. The molecule has 3 atom stereocenters. The van der Waals surface area contributed by atoms with Crippen LogP contribution in [0.2, 0.25) is 0 Å². The molecule has 0 aliphatic carbocycles. The predicted molar refractivity (Wildman–Crippen MR) is 150 cm³/mol.